The van der Waals surface area contributed by atoms with E-state index in [-0.39, 0.29) is 0 Å². The summed E-state index contributed by atoms with van der Waals surface area (Å²) in [6.07, 6.45) is 2.78. The maximum atomic E-state index is 6.00. The number of ether oxygens (including phenoxy) is 1. The number of nitrogens with zero attached hydrogens (tertiary/aromatic N) is 6. The Kier molecular flexibility index (Phi) is 4.12. The lowest BCUT2D eigenvalue weighted by Crippen LogP contribution is -1.92. The quantitative estimate of drug-likeness (QED) is 0.323. The highest BCUT2D eigenvalue weighted by Gasteiger charge is 2.14. The van der Waals surface area contributed by atoms with Gasteiger partial charge in [-0.1, -0.05) is 0 Å². The Balaban J connectivity index is 1.24. The van der Waals surface area contributed by atoms with Crippen molar-refractivity contribution in [1.82, 2.24) is 40.3 Å². The number of fused-ring (bicyclic) bond motifs is 2. The van der Waals surface area contributed by atoms with E-state index in [4.69, 9.17) is 16.2 Å². The highest BCUT2D eigenvalue weighted by molar-refractivity contribution is 5.98. The van der Waals surface area contributed by atoms with Crippen LogP contribution in [0.2, 0.25) is 0 Å². The first-order valence-electron chi connectivity index (χ1n) is 9.95. The SMILES string of the molecule is Nc1ncnc2n[nH]c(-c3ccc(Oc4ccc(-c5[nH]nc6ncnc(N)c56)cc4)cc3)c12. The molecule has 0 unspecified atom stereocenters. The van der Waals surface area contributed by atoms with E-state index >= 15 is 0 Å². The van der Waals surface area contributed by atoms with Crippen molar-refractivity contribution in [2.24, 2.45) is 0 Å². The lowest BCUT2D eigenvalue weighted by molar-refractivity contribution is 0.483. The first-order chi connectivity index (χ1) is 16.2. The summed E-state index contributed by atoms with van der Waals surface area (Å²) >= 11 is 0. The standard InChI is InChI=1S/C22H16N10O/c23-19-15-17(29-31-21(15)27-9-25-19)11-1-5-13(6-2-11)33-14-7-3-12(4-8-14)18-16-20(24)26-10-28-22(16)32-30-18/h1-10H,(H3,23,25,27,29,31)(H3,24,26,28,30,32). The first kappa shape index (κ1) is 18.7. The van der Waals surface area contributed by atoms with Gasteiger partial charge in [0, 0.05) is 11.1 Å². The molecule has 0 saturated carbocycles. The fourth-order valence-electron chi connectivity index (χ4n) is 3.69. The predicted octanol–water partition coefficient (Wildman–Crippen LogP) is 3.31. The van der Waals surface area contributed by atoms with Crippen molar-refractivity contribution in [3.05, 3.63) is 61.2 Å². The average Bonchev–Trinajstić information content (AvgIpc) is 3.47. The van der Waals surface area contributed by atoms with E-state index in [1.807, 2.05) is 48.5 Å². The molecule has 0 aliphatic carbocycles. The number of H-pyrrole nitrogens is 2. The minimum Gasteiger partial charge on any atom is -0.457 e. The molecular weight excluding hydrogens is 420 g/mol. The summed E-state index contributed by atoms with van der Waals surface area (Å²) in [5.74, 6) is 2.12. The van der Waals surface area contributed by atoms with Gasteiger partial charge < -0.3 is 16.2 Å². The van der Waals surface area contributed by atoms with E-state index in [1.165, 1.54) is 12.7 Å². The van der Waals surface area contributed by atoms with Crippen molar-refractivity contribution in [2.75, 3.05) is 11.5 Å². The molecule has 0 radical (unpaired) electrons. The van der Waals surface area contributed by atoms with Crippen LogP contribution in [0.5, 0.6) is 11.5 Å². The zero-order valence-corrected chi connectivity index (χ0v) is 17.0. The van der Waals surface area contributed by atoms with Crippen molar-refractivity contribution >= 4 is 33.7 Å². The fourth-order valence-corrected chi connectivity index (χ4v) is 3.69. The van der Waals surface area contributed by atoms with Gasteiger partial charge in [0.2, 0.25) is 0 Å². The first-order valence-corrected chi connectivity index (χ1v) is 9.95. The Morgan fingerprint density at radius 3 is 1.42 bits per heavy atom. The maximum absolute atomic E-state index is 6.00. The van der Waals surface area contributed by atoms with Crippen molar-refractivity contribution in [1.29, 1.82) is 0 Å². The van der Waals surface area contributed by atoms with Crippen LogP contribution < -0.4 is 16.2 Å². The third-order valence-electron chi connectivity index (χ3n) is 5.28. The smallest absolute Gasteiger partial charge is 0.186 e. The van der Waals surface area contributed by atoms with Crippen LogP contribution in [0.4, 0.5) is 11.6 Å². The van der Waals surface area contributed by atoms with Crippen molar-refractivity contribution in [2.45, 2.75) is 0 Å². The average molecular weight is 436 g/mol. The van der Waals surface area contributed by atoms with E-state index in [2.05, 4.69) is 40.3 Å². The Hall–Kier alpha value is -5.06. The Morgan fingerprint density at radius 1 is 0.576 bits per heavy atom. The molecule has 11 nitrogen and oxygen atoms in total. The van der Waals surface area contributed by atoms with Gasteiger partial charge in [0.15, 0.2) is 11.3 Å². The zero-order valence-electron chi connectivity index (χ0n) is 17.0. The molecule has 0 saturated heterocycles. The number of hydrogen-bond donors (Lipinski definition) is 4. The van der Waals surface area contributed by atoms with Crippen LogP contribution >= 0.6 is 0 Å². The second-order valence-corrected chi connectivity index (χ2v) is 7.26. The van der Waals surface area contributed by atoms with Crippen LogP contribution in [-0.2, 0) is 0 Å². The van der Waals surface area contributed by atoms with Crippen LogP contribution in [0.25, 0.3) is 44.6 Å². The molecule has 0 aliphatic rings. The molecule has 6 N–H and O–H groups in total. The van der Waals surface area contributed by atoms with E-state index < -0.39 is 0 Å². The van der Waals surface area contributed by atoms with Crippen LogP contribution in [0, 0.1) is 0 Å². The number of rotatable bonds is 4. The highest BCUT2D eigenvalue weighted by atomic mass is 16.5. The summed E-state index contributed by atoms with van der Waals surface area (Å²) in [6, 6.07) is 15.2. The highest BCUT2D eigenvalue weighted by Crippen LogP contribution is 2.32. The summed E-state index contributed by atoms with van der Waals surface area (Å²) in [6.45, 7) is 0. The molecule has 0 fully saturated rings. The summed E-state index contributed by atoms with van der Waals surface area (Å²) in [5.41, 5.74) is 16.4. The predicted molar refractivity (Wildman–Crippen MR) is 123 cm³/mol. The largest absolute Gasteiger partial charge is 0.457 e. The number of anilines is 2. The molecule has 0 spiro atoms. The van der Waals surface area contributed by atoms with Gasteiger partial charge in [0.1, 0.15) is 35.8 Å². The number of nitrogens with two attached hydrogens (primary N) is 2. The summed E-state index contributed by atoms with van der Waals surface area (Å²) in [7, 11) is 0. The molecule has 33 heavy (non-hydrogen) atoms. The minimum absolute atomic E-state index is 0.377. The van der Waals surface area contributed by atoms with Crippen molar-refractivity contribution in [3.8, 4) is 34.0 Å². The number of hydrogen-bond acceptors (Lipinski definition) is 9. The van der Waals surface area contributed by atoms with Crippen LogP contribution in [0.15, 0.2) is 61.2 Å². The monoisotopic (exact) mass is 436 g/mol. The fraction of sp³-hybridized carbons (Fsp3) is 0. The maximum Gasteiger partial charge on any atom is 0.186 e. The van der Waals surface area contributed by atoms with Crippen LogP contribution in [0.3, 0.4) is 0 Å². The third kappa shape index (κ3) is 3.15. The van der Waals surface area contributed by atoms with Crippen molar-refractivity contribution < 1.29 is 4.74 Å². The van der Waals surface area contributed by atoms with E-state index in [0.717, 1.165) is 22.5 Å². The lowest BCUT2D eigenvalue weighted by atomic mass is 10.1. The molecule has 6 rings (SSSR count). The summed E-state index contributed by atoms with van der Waals surface area (Å²) in [4.78, 5) is 16.4. The zero-order chi connectivity index (χ0) is 22.4. The van der Waals surface area contributed by atoms with Gasteiger partial charge in [-0.3, -0.25) is 10.2 Å². The molecule has 0 aliphatic heterocycles. The Morgan fingerprint density at radius 2 is 1.00 bits per heavy atom. The number of nitrogens with one attached hydrogen (secondary N) is 2. The van der Waals surface area contributed by atoms with E-state index in [9.17, 15) is 0 Å². The van der Waals surface area contributed by atoms with Crippen LogP contribution in [0.1, 0.15) is 0 Å². The van der Waals surface area contributed by atoms with E-state index in [1.54, 1.807) is 0 Å². The normalized spacial score (nSPS) is 11.3. The number of aromatic nitrogens is 8. The molecule has 4 heterocycles. The second-order valence-electron chi connectivity index (χ2n) is 7.26. The molecule has 160 valence electrons. The van der Waals surface area contributed by atoms with Gasteiger partial charge in [0.25, 0.3) is 0 Å². The number of benzene rings is 2. The molecule has 0 amide bonds. The molecule has 0 bridgehead atoms. The molecule has 0 atom stereocenters. The Bertz CT molecular complexity index is 1480. The third-order valence-corrected chi connectivity index (χ3v) is 5.28. The Labute approximate surface area is 185 Å². The molecular formula is C22H16N10O. The molecule has 6 aromatic rings. The number of nitrogen functional groups attached to an aromatic ring is 2. The van der Waals surface area contributed by atoms with Gasteiger partial charge in [0.05, 0.1) is 22.2 Å². The minimum atomic E-state index is 0.377. The van der Waals surface area contributed by atoms with Gasteiger partial charge in [-0.2, -0.15) is 10.2 Å². The van der Waals surface area contributed by atoms with Crippen molar-refractivity contribution in [3.63, 3.8) is 0 Å². The van der Waals surface area contributed by atoms with Crippen LogP contribution in [-0.4, -0.2) is 40.3 Å². The molecule has 2 aromatic carbocycles. The van der Waals surface area contributed by atoms with Gasteiger partial charge in [-0.15, -0.1) is 0 Å². The number of aromatic amines is 2. The summed E-state index contributed by atoms with van der Waals surface area (Å²) in [5, 5.41) is 15.7. The second kappa shape index (κ2) is 7.27. The lowest BCUT2D eigenvalue weighted by Gasteiger charge is -2.08. The summed E-state index contributed by atoms with van der Waals surface area (Å²) < 4.78 is 6.00. The van der Waals surface area contributed by atoms with Gasteiger partial charge in [-0.25, -0.2) is 19.9 Å². The van der Waals surface area contributed by atoms with Gasteiger partial charge in [-0.05, 0) is 48.5 Å². The molecule has 11 heteroatoms. The molecule has 4 aromatic heterocycles. The van der Waals surface area contributed by atoms with E-state index in [0.29, 0.717) is 45.2 Å². The topological polar surface area (TPSA) is 170 Å². The van der Waals surface area contributed by atoms with Gasteiger partial charge >= 0.3 is 0 Å².